The molecule has 1 amide bonds. The van der Waals surface area contributed by atoms with Crippen LogP contribution in [0.15, 0.2) is 35.5 Å². The summed E-state index contributed by atoms with van der Waals surface area (Å²) in [6, 6.07) is 10.8. The average Bonchev–Trinajstić information content (AvgIpc) is 3.38. The van der Waals surface area contributed by atoms with Gasteiger partial charge in [0.2, 0.25) is 11.1 Å². The smallest absolute Gasteiger partial charge is 0.230 e. The van der Waals surface area contributed by atoms with Gasteiger partial charge in [0.15, 0.2) is 0 Å². The maximum atomic E-state index is 12.0. The van der Waals surface area contributed by atoms with E-state index in [0.29, 0.717) is 18.3 Å². The molecule has 1 saturated carbocycles. The minimum absolute atomic E-state index is 0.0260. The van der Waals surface area contributed by atoms with Crippen molar-refractivity contribution in [3.8, 4) is 0 Å². The normalized spacial score (nSPS) is 13.6. The van der Waals surface area contributed by atoms with Crippen LogP contribution in [0.5, 0.6) is 0 Å². The number of hydrogen-bond donors (Lipinski definition) is 1. The van der Waals surface area contributed by atoms with Crippen LogP contribution in [-0.4, -0.2) is 51.5 Å². The fourth-order valence-electron chi connectivity index (χ4n) is 2.62. The number of amides is 1. The molecule has 25 heavy (non-hydrogen) atoms. The molecule has 8 heteroatoms. The van der Waals surface area contributed by atoms with Gasteiger partial charge in [-0.1, -0.05) is 30.0 Å². The molecule has 1 aliphatic rings. The van der Waals surface area contributed by atoms with Crippen molar-refractivity contribution in [2.45, 2.75) is 37.4 Å². The average molecular weight is 360 g/mol. The van der Waals surface area contributed by atoms with Crippen LogP contribution in [0.4, 0.5) is 5.69 Å². The van der Waals surface area contributed by atoms with E-state index >= 15 is 0 Å². The number of hydrogen-bond acceptors (Lipinski definition) is 6. The van der Waals surface area contributed by atoms with Crippen molar-refractivity contribution >= 4 is 23.4 Å². The molecule has 7 nitrogen and oxygen atoms in total. The highest BCUT2D eigenvalue weighted by Gasteiger charge is 2.28. The van der Waals surface area contributed by atoms with Crippen molar-refractivity contribution in [3.63, 3.8) is 0 Å². The molecule has 0 saturated heterocycles. The Bertz CT molecular complexity index is 673. The fraction of sp³-hybridized carbons (Fsp3) is 0.529. The minimum atomic E-state index is 0.0260. The Morgan fingerprint density at radius 1 is 1.36 bits per heavy atom. The largest absolute Gasteiger partial charge is 0.372 e. The second kappa shape index (κ2) is 8.84. The third-order valence-electron chi connectivity index (χ3n) is 4.12. The van der Waals surface area contributed by atoms with Gasteiger partial charge in [0.1, 0.15) is 0 Å². The first-order valence-corrected chi connectivity index (χ1v) is 9.74. The number of rotatable bonds is 10. The van der Waals surface area contributed by atoms with Crippen molar-refractivity contribution in [2.75, 3.05) is 30.3 Å². The fourth-order valence-corrected chi connectivity index (χ4v) is 3.39. The predicted molar refractivity (Wildman–Crippen MR) is 98.8 cm³/mol. The minimum Gasteiger partial charge on any atom is -0.372 e. The summed E-state index contributed by atoms with van der Waals surface area (Å²) in [5.41, 5.74) is 1.22. The summed E-state index contributed by atoms with van der Waals surface area (Å²) in [5.74, 6) is 0.376. The van der Waals surface area contributed by atoms with Gasteiger partial charge < -0.3 is 10.2 Å². The topological polar surface area (TPSA) is 75.9 Å². The number of nitrogens with one attached hydrogen (secondary N) is 1. The number of benzene rings is 1. The lowest BCUT2D eigenvalue weighted by Crippen LogP contribution is -2.30. The Hall–Kier alpha value is -2.09. The van der Waals surface area contributed by atoms with Gasteiger partial charge in [-0.25, -0.2) is 4.68 Å². The Labute approximate surface area is 152 Å². The molecule has 1 aromatic carbocycles. The standard InChI is InChI=1S/C17H24N6OS/c1-2-22(14-7-4-3-5-8-14)12-6-11-18-16(24)13-25-17-19-20-21-23(17)15-9-10-15/h3-5,7-8,15H,2,6,9-13H2,1H3,(H,18,24). The van der Waals surface area contributed by atoms with Crippen LogP contribution in [-0.2, 0) is 4.79 Å². The molecule has 3 rings (SSSR count). The monoisotopic (exact) mass is 360 g/mol. The van der Waals surface area contributed by atoms with Gasteiger partial charge in [0.25, 0.3) is 0 Å². The molecule has 0 unspecified atom stereocenters. The highest BCUT2D eigenvalue weighted by atomic mass is 32.2. The van der Waals surface area contributed by atoms with Crippen LogP contribution < -0.4 is 10.2 Å². The molecule has 0 bridgehead atoms. The van der Waals surface area contributed by atoms with Gasteiger partial charge in [-0.05, 0) is 48.7 Å². The quantitative estimate of drug-likeness (QED) is 0.517. The van der Waals surface area contributed by atoms with E-state index in [9.17, 15) is 4.79 Å². The number of para-hydroxylation sites is 1. The molecule has 1 aromatic heterocycles. The second-order valence-corrected chi connectivity index (χ2v) is 6.99. The van der Waals surface area contributed by atoms with Gasteiger partial charge >= 0.3 is 0 Å². The summed E-state index contributed by atoms with van der Waals surface area (Å²) in [5, 5.41) is 15.4. The van der Waals surface area contributed by atoms with Crippen LogP contribution in [0.2, 0.25) is 0 Å². The Morgan fingerprint density at radius 3 is 2.88 bits per heavy atom. The van der Waals surface area contributed by atoms with Crippen molar-refractivity contribution < 1.29 is 4.79 Å². The zero-order valence-corrected chi connectivity index (χ0v) is 15.3. The van der Waals surface area contributed by atoms with Crippen molar-refractivity contribution in [1.82, 2.24) is 25.5 Å². The number of carbonyl (C=O) groups excluding carboxylic acids is 1. The third kappa shape index (κ3) is 5.19. The number of nitrogens with zero attached hydrogens (tertiary/aromatic N) is 5. The summed E-state index contributed by atoms with van der Waals surface area (Å²) >= 11 is 1.40. The maximum Gasteiger partial charge on any atom is 0.230 e. The molecule has 0 aliphatic heterocycles. The Kier molecular flexibility index (Phi) is 6.27. The van der Waals surface area contributed by atoms with E-state index in [0.717, 1.165) is 37.5 Å². The van der Waals surface area contributed by atoms with Crippen molar-refractivity contribution in [3.05, 3.63) is 30.3 Å². The molecule has 2 aromatic rings. The van der Waals surface area contributed by atoms with Crippen LogP contribution in [0, 0.1) is 0 Å². The first kappa shape index (κ1) is 17.7. The lowest BCUT2D eigenvalue weighted by Gasteiger charge is -2.23. The summed E-state index contributed by atoms with van der Waals surface area (Å²) in [6.45, 7) is 4.70. The molecule has 1 heterocycles. The number of aromatic nitrogens is 4. The van der Waals surface area contributed by atoms with E-state index in [1.807, 2.05) is 22.9 Å². The molecule has 134 valence electrons. The molecular weight excluding hydrogens is 336 g/mol. The third-order valence-corrected chi connectivity index (χ3v) is 5.05. The van der Waals surface area contributed by atoms with Gasteiger partial charge in [0, 0.05) is 25.3 Å². The van der Waals surface area contributed by atoms with E-state index in [-0.39, 0.29) is 5.91 Å². The number of tetrazole rings is 1. The number of carbonyl (C=O) groups is 1. The molecule has 0 atom stereocenters. The molecule has 1 N–H and O–H groups in total. The first-order chi connectivity index (χ1) is 12.3. The summed E-state index contributed by atoms with van der Waals surface area (Å²) in [4.78, 5) is 14.3. The lowest BCUT2D eigenvalue weighted by atomic mass is 10.2. The lowest BCUT2D eigenvalue weighted by molar-refractivity contribution is -0.118. The van der Waals surface area contributed by atoms with Crippen LogP contribution in [0.1, 0.15) is 32.2 Å². The van der Waals surface area contributed by atoms with Crippen LogP contribution in [0.3, 0.4) is 0 Å². The Balaban J connectivity index is 1.34. The number of anilines is 1. The SMILES string of the molecule is CCN(CCCNC(=O)CSc1nnnn1C1CC1)c1ccccc1. The first-order valence-electron chi connectivity index (χ1n) is 8.75. The van der Waals surface area contributed by atoms with Gasteiger partial charge in [-0.2, -0.15) is 0 Å². The zero-order chi connectivity index (χ0) is 17.5. The predicted octanol–water partition coefficient (Wildman–Crippen LogP) is 2.13. The van der Waals surface area contributed by atoms with Crippen molar-refractivity contribution in [2.24, 2.45) is 0 Å². The molecule has 0 spiro atoms. The van der Waals surface area contributed by atoms with Crippen LogP contribution >= 0.6 is 11.8 Å². The van der Waals surface area contributed by atoms with Gasteiger partial charge in [-0.15, -0.1) is 5.10 Å². The molecular formula is C17H24N6OS. The molecule has 1 fully saturated rings. The Morgan fingerprint density at radius 2 is 2.16 bits per heavy atom. The maximum absolute atomic E-state index is 12.0. The highest BCUT2D eigenvalue weighted by Crippen LogP contribution is 2.36. The summed E-state index contributed by atoms with van der Waals surface area (Å²) in [7, 11) is 0. The summed E-state index contributed by atoms with van der Waals surface area (Å²) in [6.07, 6.45) is 3.17. The van der Waals surface area contributed by atoms with E-state index in [2.05, 4.69) is 44.8 Å². The number of thioether (sulfide) groups is 1. The van der Waals surface area contributed by atoms with E-state index in [1.165, 1.54) is 17.4 Å². The molecule has 1 aliphatic carbocycles. The van der Waals surface area contributed by atoms with E-state index < -0.39 is 0 Å². The van der Waals surface area contributed by atoms with Gasteiger partial charge in [-0.3, -0.25) is 4.79 Å². The van der Waals surface area contributed by atoms with Crippen molar-refractivity contribution in [1.29, 1.82) is 0 Å². The zero-order valence-electron chi connectivity index (χ0n) is 14.5. The molecule has 0 radical (unpaired) electrons. The highest BCUT2D eigenvalue weighted by molar-refractivity contribution is 7.99. The van der Waals surface area contributed by atoms with E-state index in [4.69, 9.17) is 0 Å². The van der Waals surface area contributed by atoms with Crippen LogP contribution in [0.25, 0.3) is 0 Å². The second-order valence-electron chi connectivity index (χ2n) is 6.04. The summed E-state index contributed by atoms with van der Waals surface area (Å²) < 4.78 is 1.83. The van der Waals surface area contributed by atoms with E-state index in [1.54, 1.807) is 0 Å². The van der Waals surface area contributed by atoms with Gasteiger partial charge in [0.05, 0.1) is 11.8 Å².